The van der Waals surface area contributed by atoms with E-state index < -0.39 is 0 Å². The normalized spacial score (nSPS) is 15.0. The first-order valence-corrected chi connectivity index (χ1v) is 8.52. The number of methoxy groups -OCH3 is 1. The summed E-state index contributed by atoms with van der Waals surface area (Å²) in [6.45, 7) is 0.769. The van der Waals surface area contributed by atoms with Crippen molar-refractivity contribution in [2.75, 3.05) is 26.5 Å². The number of ether oxygens (including phenoxy) is 1. The van der Waals surface area contributed by atoms with Crippen molar-refractivity contribution in [1.29, 1.82) is 0 Å². The van der Waals surface area contributed by atoms with E-state index in [2.05, 4.69) is 4.74 Å². The second-order valence-corrected chi connectivity index (χ2v) is 6.39. The highest BCUT2D eigenvalue weighted by Crippen LogP contribution is 2.35. The Labute approximate surface area is 143 Å². The number of amides is 1. The lowest BCUT2D eigenvalue weighted by atomic mass is 10.0. The van der Waals surface area contributed by atoms with Gasteiger partial charge in [-0.3, -0.25) is 9.59 Å². The standard InChI is InChI=1S/C15H15Cl2NO3S/c1-21-15(20)10-7-18(8-10)12(19)6-4-9-3-5-11(22-2)14(17)13(9)16/h3-6,10H,7-8H2,1-2H3. The van der Waals surface area contributed by atoms with E-state index in [9.17, 15) is 9.59 Å². The Hall–Kier alpha value is -1.17. The molecule has 1 amide bonds. The Kier molecular flexibility index (Phi) is 5.78. The predicted molar refractivity (Wildman–Crippen MR) is 89.4 cm³/mol. The Balaban J connectivity index is 2.00. The van der Waals surface area contributed by atoms with Crippen molar-refractivity contribution in [2.24, 2.45) is 5.92 Å². The van der Waals surface area contributed by atoms with Gasteiger partial charge in [0.2, 0.25) is 5.91 Å². The van der Waals surface area contributed by atoms with E-state index in [0.29, 0.717) is 28.7 Å². The van der Waals surface area contributed by atoms with Crippen LogP contribution < -0.4 is 0 Å². The van der Waals surface area contributed by atoms with Crippen LogP contribution in [-0.4, -0.2) is 43.2 Å². The summed E-state index contributed by atoms with van der Waals surface area (Å²) >= 11 is 13.8. The van der Waals surface area contributed by atoms with Crippen LogP contribution >= 0.6 is 35.0 Å². The molecule has 0 spiro atoms. The highest BCUT2D eigenvalue weighted by atomic mass is 35.5. The van der Waals surface area contributed by atoms with E-state index in [-0.39, 0.29) is 17.8 Å². The molecular weight excluding hydrogens is 345 g/mol. The van der Waals surface area contributed by atoms with Gasteiger partial charge in [-0.2, -0.15) is 0 Å². The number of carbonyl (C=O) groups is 2. The number of rotatable bonds is 4. The summed E-state index contributed by atoms with van der Waals surface area (Å²) in [7, 11) is 1.34. The molecule has 0 radical (unpaired) electrons. The Bertz CT molecular complexity index is 627. The van der Waals surface area contributed by atoms with Gasteiger partial charge in [0.05, 0.1) is 23.1 Å². The number of benzene rings is 1. The van der Waals surface area contributed by atoms with Gasteiger partial charge in [-0.05, 0) is 24.0 Å². The summed E-state index contributed by atoms with van der Waals surface area (Å²) in [6.07, 6.45) is 4.98. The molecule has 0 aromatic heterocycles. The van der Waals surface area contributed by atoms with Gasteiger partial charge in [-0.15, -0.1) is 11.8 Å². The fraction of sp³-hybridized carbons (Fsp3) is 0.333. The van der Waals surface area contributed by atoms with Crippen molar-refractivity contribution in [3.8, 4) is 0 Å². The summed E-state index contributed by atoms with van der Waals surface area (Å²) < 4.78 is 4.63. The fourth-order valence-corrected chi connectivity index (χ4v) is 3.25. The molecule has 1 aliphatic heterocycles. The molecule has 1 saturated heterocycles. The van der Waals surface area contributed by atoms with Crippen LogP contribution in [0.4, 0.5) is 0 Å². The number of thioether (sulfide) groups is 1. The van der Waals surface area contributed by atoms with Gasteiger partial charge in [-0.25, -0.2) is 0 Å². The Morgan fingerprint density at radius 1 is 1.32 bits per heavy atom. The van der Waals surface area contributed by atoms with Crippen molar-refractivity contribution in [2.45, 2.75) is 4.90 Å². The van der Waals surface area contributed by atoms with E-state index in [1.54, 1.807) is 11.0 Å². The molecular formula is C15H15Cl2NO3S. The summed E-state index contributed by atoms with van der Waals surface area (Å²) in [4.78, 5) is 25.7. The van der Waals surface area contributed by atoms with Crippen molar-refractivity contribution in [3.05, 3.63) is 33.8 Å². The monoisotopic (exact) mass is 359 g/mol. The van der Waals surface area contributed by atoms with E-state index in [1.165, 1.54) is 24.9 Å². The second kappa shape index (κ2) is 7.40. The van der Waals surface area contributed by atoms with Crippen LogP contribution in [0.3, 0.4) is 0 Å². The molecule has 0 saturated carbocycles. The lowest BCUT2D eigenvalue weighted by Gasteiger charge is -2.36. The fourth-order valence-electron chi connectivity index (χ4n) is 2.07. The summed E-state index contributed by atoms with van der Waals surface area (Å²) in [5.74, 6) is -0.668. The Morgan fingerprint density at radius 3 is 2.59 bits per heavy atom. The van der Waals surface area contributed by atoms with Crippen molar-refractivity contribution >= 4 is 52.9 Å². The minimum atomic E-state index is -0.282. The maximum atomic E-state index is 12.0. The van der Waals surface area contributed by atoms with Crippen LogP contribution in [0.5, 0.6) is 0 Å². The third-order valence-electron chi connectivity index (χ3n) is 3.43. The molecule has 0 aliphatic carbocycles. The largest absolute Gasteiger partial charge is 0.469 e. The maximum Gasteiger partial charge on any atom is 0.312 e. The van der Waals surface area contributed by atoms with Crippen molar-refractivity contribution in [1.82, 2.24) is 4.90 Å². The Morgan fingerprint density at radius 2 is 2.00 bits per heavy atom. The van der Waals surface area contributed by atoms with Crippen LogP contribution in [0.2, 0.25) is 10.0 Å². The van der Waals surface area contributed by atoms with Gasteiger partial charge in [-0.1, -0.05) is 29.3 Å². The predicted octanol–water partition coefficient (Wildman–Crippen LogP) is 3.36. The topological polar surface area (TPSA) is 46.6 Å². The molecule has 118 valence electrons. The highest BCUT2D eigenvalue weighted by molar-refractivity contribution is 7.98. The van der Waals surface area contributed by atoms with Gasteiger partial charge in [0.15, 0.2) is 0 Å². The molecule has 0 bridgehead atoms. The number of likely N-dealkylation sites (tertiary alicyclic amines) is 1. The van der Waals surface area contributed by atoms with E-state index >= 15 is 0 Å². The molecule has 0 unspecified atom stereocenters. The third kappa shape index (κ3) is 3.59. The zero-order chi connectivity index (χ0) is 16.3. The minimum Gasteiger partial charge on any atom is -0.469 e. The van der Waals surface area contributed by atoms with Crippen molar-refractivity contribution in [3.63, 3.8) is 0 Å². The number of hydrogen-bond acceptors (Lipinski definition) is 4. The molecule has 1 heterocycles. The van der Waals surface area contributed by atoms with E-state index in [1.807, 2.05) is 18.4 Å². The first-order chi connectivity index (χ1) is 10.5. The van der Waals surface area contributed by atoms with Gasteiger partial charge >= 0.3 is 5.97 Å². The quantitative estimate of drug-likeness (QED) is 0.469. The van der Waals surface area contributed by atoms with E-state index in [0.717, 1.165) is 4.90 Å². The molecule has 1 aromatic carbocycles. The molecule has 0 N–H and O–H groups in total. The average molecular weight is 360 g/mol. The third-order valence-corrected chi connectivity index (χ3v) is 5.22. The maximum absolute atomic E-state index is 12.0. The van der Waals surface area contributed by atoms with Crippen molar-refractivity contribution < 1.29 is 14.3 Å². The zero-order valence-electron chi connectivity index (χ0n) is 12.1. The number of nitrogens with zero attached hydrogens (tertiary/aromatic N) is 1. The summed E-state index contributed by atoms with van der Waals surface area (Å²) in [5.41, 5.74) is 0.683. The molecule has 1 aliphatic rings. The van der Waals surface area contributed by atoms with Gasteiger partial charge in [0, 0.05) is 24.1 Å². The second-order valence-electron chi connectivity index (χ2n) is 4.78. The SMILES string of the molecule is COC(=O)C1CN(C(=O)C=Cc2ccc(SC)c(Cl)c2Cl)C1. The van der Waals surface area contributed by atoms with Crippen LogP contribution in [0, 0.1) is 5.92 Å². The summed E-state index contributed by atoms with van der Waals surface area (Å²) in [6, 6.07) is 3.68. The smallest absolute Gasteiger partial charge is 0.312 e. The number of halogens is 2. The average Bonchev–Trinajstić information content (AvgIpc) is 2.47. The molecule has 2 rings (SSSR count). The zero-order valence-corrected chi connectivity index (χ0v) is 14.5. The number of carbonyl (C=O) groups excluding carboxylic acids is 2. The number of hydrogen-bond donors (Lipinski definition) is 0. The lowest BCUT2D eigenvalue weighted by molar-refractivity contribution is -0.154. The van der Waals surface area contributed by atoms with Gasteiger partial charge in [0.1, 0.15) is 0 Å². The van der Waals surface area contributed by atoms with E-state index in [4.69, 9.17) is 23.2 Å². The molecule has 1 aromatic rings. The van der Waals surface area contributed by atoms with Crippen LogP contribution in [-0.2, 0) is 14.3 Å². The minimum absolute atomic E-state index is 0.165. The van der Waals surface area contributed by atoms with Crippen LogP contribution in [0.15, 0.2) is 23.1 Å². The molecule has 7 heteroatoms. The molecule has 0 atom stereocenters. The first kappa shape index (κ1) is 17.2. The van der Waals surface area contributed by atoms with Crippen LogP contribution in [0.1, 0.15) is 5.56 Å². The first-order valence-electron chi connectivity index (χ1n) is 6.54. The molecule has 4 nitrogen and oxygen atoms in total. The van der Waals surface area contributed by atoms with Gasteiger partial charge in [0.25, 0.3) is 0 Å². The van der Waals surface area contributed by atoms with Gasteiger partial charge < -0.3 is 9.64 Å². The highest BCUT2D eigenvalue weighted by Gasteiger charge is 2.35. The summed E-state index contributed by atoms with van der Waals surface area (Å²) in [5, 5.41) is 0.909. The molecule has 22 heavy (non-hydrogen) atoms. The number of esters is 1. The molecule has 1 fully saturated rings. The lowest BCUT2D eigenvalue weighted by Crippen LogP contribution is -2.52. The van der Waals surface area contributed by atoms with Crippen LogP contribution in [0.25, 0.3) is 6.08 Å².